The largest absolute Gasteiger partial charge is 0.571 e. The van der Waals surface area contributed by atoms with Gasteiger partial charge in [-0.3, -0.25) is 0 Å². The summed E-state index contributed by atoms with van der Waals surface area (Å²) < 4.78 is 59.7. The van der Waals surface area contributed by atoms with Crippen LogP contribution in [0.15, 0.2) is 78.6 Å². The molecule has 21 N–H and O–H groups in total. The lowest BCUT2D eigenvalue weighted by molar-refractivity contribution is -0.295. The highest BCUT2D eigenvalue weighted by Gasteiger charge is 2.50. The molecule has 5 heterocycles. The zero-order valence-corrected chi connectivity index (χ0v) is 46.4. The van der Waals surface area contributed by atoms with Crippen LogP contribution in [0.25, 0.3) is 18.2 Å². The highest BCUT2D eigenvalue weighted by atomic mass is 16.7. The van der Waals surface area contributed by atoms with Crippen molar-refractivity contribution in [2.24, 2.45) is 0 Å². The summed E-state index contributed by atoms with van der Waals surface area (Å²) in [5, 5.41) is 209. The van der Waals surface area contributed by atoms with Crippen LogP contribution >= 0.6 is 0 Å². The van der Waals surface area contributed by atoms with Gasteiger partial charge in [0.2, 0.25) is 25.2 Å². The van der Waals surface area contributed by atoms with Crippen LogP contribution in [0.3, 0.4) is 0 Å². The van der Waals surface area contributed by atoms with Gasteiger partial charge in [0.15, 0.2) is 46.0 Å². The van der Waals surface area contributed by atoms with Crippen LogP contribution in [0.5, 0.6) is 57.5 Å². The van der Waals surface area contributed by atoms with Gasteiger partial charge >= 0.3 is 11.9 Å². The van der Waals surface area contributed by atoms with E-state index in [0.717, 1.165) is 42.5 Å². The van der Waals surface area contributed by atoms with Crippen molar-refractivity contribution in [1.29, 1.82) is 0 Å². The molecule has 0 aromatic heterocycles. The maximum Gasteiger partial charge on any atom is 0.330 e. The van der Waals surface area contributed by atoms with E-state index in [1.165, 1.54) is 48.6 Å². The van der Waals surface area contributed by atoms with E-state index in [0.29, 0.717) is 0 Å². The quantitative estimate of drug-likeness (QED) is 0.0181. The number of aromatic hydroxyl groups is 7. The number of carbonyl (C=O) groups is 2. The Balaban J connectivity index is 0.780. The number of aliphatic hydroxyl groups excluding tert-OH is 14. The van der Waals surface area contributed by atoms with Crippen LogP contribution in [0.2, 0.25) is 0 Å². The van der Waals surface area contributed by atoms with Crippen LogP contribution in [0.1, 0.15) is 28.4 Å². The molecule has 4 aromatic carbocycles. The molecule has 0 amide bonds. The lowest BCUT2D eigenvalue weighted by Crippen LogP contribution is -2.60. The first-order chi connectivity index (χ1) is 42.7. The number of fused-ring (bicyclic) bond motifs is 1. The lowest BCUT2D eigenvalue weighted by Gasteiger charge is -2.40. The van der Waals surface area contributed by atoms with E-state index in [1.807, 2.05) is 0 Å². The van der Waals surface area contributed by atoms with Gasteiger partial charge in [0.1, 0.15) is 128 Å². The van der Waals surface area contributed by atoms with Gasteiger partial charge in [0.25, 0.3) is 11.9 Å². The van der Waals surface area contributed by atoms with Gasteiger partial charge in [-0.05, 0) is 59.7 Å². The van der Waals surface area contributed by atoms with Gasteiger partial charge in [0, 0.05) is 24.3 Å². The minimum Gasteiger partial charge on any atom is -0.571 e. The molecule has 0 saturated carbocycles. The van der Waals surface area contributed by atoms with Crippen molar-refractivity contribution >= 4 is 30.2 Å². The number of benzene rings is 4. The van der Waals surface area contributed by atoms with Crippen molar-refractivity contribution < 1.29 is 164 Å². The van der Waals surface area contributed by atoms with Crippen LogP contribution in [0, 0.1) is 0 Å². The van der Waals surface area contributed by atoms with Crippen LogP contribution in [-0.4, -0.2) is 268 Å². The predicted molar refractivity (Wildman–Crippen MR) is 292 cm³/mol. The SMILES string of the molecule is O=C(/C=C/c1ccc(O[C@@H]2O[C@H](COC(=O)/C=C/c3ccc(O[C@@H]4O[C@H](CO)[C@@H](O)[C@H](O)[C@H]4O)c(O)c3)[C@@H](O)[C@H](O)[C@H]2O)c(O)c1)OC[C@H]1O[C@@H](Oc2cc(O)c3c(c2)[OH+]C(c2cc(O)c(O)c(O)c2)C(O[C@H]2O[C@@H](CO)[C@H](O)[C@@H](O)[C@@H]2O)=C3)[C@H](O)[C@@H](O)[C@@H]1O. The van der Waals surface area contributed by atoms with Crippen molar-refractivity contribution in [2.75, 3.05) is 26.4 Å². The standard InChI is InChI=1S/C57H64O33/c58-16-34-41(68)45(72)50(77)55(87-34)84-30-5-1-20(9-26(30)61)4-8-39(66)81-19-37-44(71)48(75)52(79)56(90-37)85-31-6-2-21(10-27(31)62)3-7-38(65)80-18-36-43(70)47(74)49(76)54(89-36)82-23-13-25(60)24-15-33(86-57-51(78)46(73)42(69)35(17-59)88-57)53(83-32(24)14-23)22-11-28(63)40(67)29(64)12-22/h1-15,34-37,41-64,67-79H,16-19H2/p+1/b7-3+,8-4+/t34-,35+,36-,37-,41-,42+,43-,44-,45+,46-,47+,48+,49-,50-,51+,52-,53?,54-,55-,56-,57+/m1/s1. The van der Waals surface area contributed by atoms with Crippen molar-refractivity contribution in [3.05, 3.63) is 101 Å². The van der Waals surface area contributed by atoms with E-state index in [1.54, 1.807) is 0 Å². The molecule has 33 nitrogen and oxygen atoms in total. The van der Waals surface area contributed by atoms with E-state index in [4.69, 9.17) is 47.4 Å². The average molecular weight is 1280 g/mol. The van der Waals surface area contributed by atoms with Crippen molar-refractivity contribution in [1.82, 2.24) is 0 Å². The summed E-state index contributed by atoms with van der Waals surface area (Å²) in [6.07, 6.45) is -30.9. The number of phenols is 6. The molecular formula is C57H65O33+. The minimum atomic E-state index is -1.98. The molecule has 0 spiro atoms. The first kappa shape index (κ1) is 66.5. The van der Waals surface area contributed by atoms with E-state index >= 15 is 0 Å². The van der Waals surface area contributed by atoms with Gasteiger partial charge in [-0.15, -0.1) is 0 Å². The Kier molecular flexibility index (Phi) is 20.8. The third-order valence-corrected chi connectivity index (χ3v) is 14.9. The molecule has 21 atom stereocenters. The molecule has 4 aromatic rings. The van der Waals surface area contributed by atoms with Gasteiger partial charge in [-0.2, -0.15) is 0 Å². The number of carbonyl (C=O) groups excluding carboxylic acids is 2. The Bertz CT molecular complexity index is 3260. The van der Waals surface area contributed by atoms with E-state index in [9.17, 15) is 112 Å². The topological polar surface area (TPSA) is 544 Å². The molecule has 490 valence electrons. The van der Waals surface area contributed by atoms with Gasteiger partial charge < -0.3 is 154 Å². The second-order valence-electron chi connectivity index (χ2n) is 21.1. The summed E-state index contributed by atoms with van der Waals surface area (Å²) >= 11 is 0. The zero-order valence-electron chi connectivity index (χ0n) is 46.4. The number of hydrogen-bond acceptors (Lipinski definition) is 32. The van der Waals surface area contributed by atoms with Crippen LogP contribution in [-0.2, 0) is 42.7 Å². The van der Waals surface area contributed by atoms with Gasteiger partial charge in [-0.25, -0.2) is 9.59 Å². The molecule has 0 radical (unpaired) electrons. The Labute approximate surface area is 506 Å². The summed E-state index contributed by atoms with van der Waals surface area (Å²) in [4.78, 5) is 25.6. The molecule has 4 saturated heterocycles. The first-order valence-corrected chi connectivity index (χ1v) is 27.3. The molecule has 33 heteroatoms. The molecule has 0 aliphatic carbocycles. The number of aliphatic hydroxyl groups is 15. The third kappa shape index (κ3) is 14.5. The van der Waals surface area contributed by atoms with E-state index < -0.39 is 202 Å². The summed E-state index contributed by atoms with van der Waals surface area (Å²) in [5.41, 5.74) is 0.238. The number of hydrogen-bond donors (Lipinski definition) is 20. The first-order valence-electron chi connectivity index (χ1n) is 27.3. The highest BCUT2D eigenvalue weighted by molar-refractivity contribution is 5.88. The molecule has 1 unspecified atom stereocenters. The van der Waals surface area contributed by atoms with E-state index in [-0.39, 0.29) is 51.0 Å². The molecule has 4 fully saturated rings. The highest BCUT2D eigenvalue weighted by Crippen LogP contribution is 2.48. The zero-order chi connectivity index (χ0) is 65.2. The molecule has 0 bridgehead atoms. The van der Waals surface area contributed by atoms with Crippen molar-refractivity contribution in [2.45, 2.75) is 129 Å². The molecule has 5 aliphatic heterocycles. The number of rotatable bonds is 19. The Hall–Kier alpha value is -7.88. The van der Waals surface area contributed by atoms with Crippen molar-refractivity contribution in [3.63, 3.8) is 0 Å². The number of ether oxygens (including phenoxy) is 11. The predicted octanol–water partition coefficient (Wildman–Crippen LogP) is -4.86. The molecule has 90 heavy (non-hydrogen) atoms. The van der Waals surface area contributed by atoms with Gasteiger partial charge in [-0.1, -0.05) is 12.1 Å². The third-order valence-electron chi connectivity index (χ3n) is 14.9. The fourth-order valence-corrected chi connectivity index (χ4v) is 9.84. The molecule has 5 aliphatic rings. The van der Waals surface area contributed by atoms with Gasteiger partial charge in [0.05, 0.1) is 24.8 Å². The Morgan fingerprint density at radius 1 is 0.444 bits per heavy atom. The fourth-order valence-electron chi connectivity index (χ4n) is 9.84. The maximum atomic E-state index is 12.9. The maximum absolute atomic E-state index is 12.9. The smallest absolute Gasteiger partial charge is 0.330 e. The number of esters is 2. The molecular weight excluding hydrogens is 1210 g/mol. The minimum absolute atomic E-state index is 0.0596. The average Bonchev–Trinajstić information content (AvgIpc) is 0.839. The monoisotopic (exact) mass is 1280 g/mol. The second kappa shape index (κ2) is 28.1. The summed E-state index contributed by atoms with van der Waals surface area (Å²) in [5.74, 6) is -7.42. The fraction of sp³-hybridized carbons (Fsp3) is 0.439. The normalized spacial score (nSPS) is 33.5. The van der Waals surface area contributed by atoms with Crippen LogP contribution < -0.4 is 14.2 Å². The van der Waals surface area contributed by atoms with Crippen LogP contribution in [0.4, 0.5) is 0 Å². The summed E-state index contributed by atoms with van der Waals surface area (Å²) in [7, 11) is 0. The summed E-state index contributed by atoms with van der Waals surface area (Å²) in [6, 6.07) is 11.5. The Morgan fingerprint density at radius 2 is 0.844 bits per heavy atom. The molecule has 9 rings (SSSR count). The summed E-state index contributed by atoms with van der Waals surface area (Å²) in [6.45, 7) is -2.98. The lowest BCUT2D eigenvalue weighted by atomic mass is 9.98. The van der Waals surface area contributed by atoms with Crippen molar-refractivity contribution in [3.8, 4) is 57.5 Å². The number of phenolic OH excluding ortho intramolecular Hbond substituents is 6. The second-order valence-corrected chi connectivity index (χ2v) is 21.1. The van der Waals surface area contributed by atoms with E-state index in [2.05, 4.69) is 4.74 Å². The Morgan fingerprint density at radius 3 is 1.27 bits per heavy atom.